The van der Waals surface area contributed by atoms with Crippen LogP contribution in [0.3, 0.4) is 0 Å². The van der Waals surface area contributed by atoms with E-state index in [9.17, 15) is 14.4 Å². The summed E-state index contributed by atoms with van der Waals surface area (Å²) in [6.45, 7) is 4.18. The predicted molar refractivity (Wildman–Crippen MR) is 137 cm³/mol. The van der Waals surface area contributed by atoms with Gasteiger partial charge in [0.15, 0.2) is 0 Å². The van der Waals surface area contributed by atoms with Gasteiger partial charge in [-0.1, -0.05) is 27.5 Å². The molecule has 172 valence electrons. The highest BCUT2D eigenvalue weighted by Crippen LogP contribution is 2.33. The van der Waals surface area contributed by atoms with Gasteiger partial charge in [-0.25, -0.2) is 4.90 Å². The Kier molecular flexibility index (Phi) is 6.86. The Morgan fingerprint density at radius 3 is 2.56 bits per heavy atom. The van der Waals surface area contributed by atoms with Gasteiger partial charge in [0, 0.05) is 26.8 Å². The Morgan fingerprint density at radius 2 is 1.82 bits per heavy atom. The molecule has 1 aliphatic heterocycles. The van der Waals surface area contributed by atoms with Crippen LogP contribution in [0.1, 0.15) is 38.8 Å². The first-order chi connectivity index (χ1) is 16.3. The number of hydrogen-bond acceptors (Lipinski definition) is 4. The number of halogens is 2. The first-order valence-corrected chi connectivity index (χ1v) is 11.7. The van der Waals surface area contributed by atoms with Crippen LogP contribution in [0, 0.1) is 6.92 Å². The first-order valence-electron chi connectivity index (χ1n) is 10.5. The molecule has 3 aromatic rings. The van der Waals surface area contributed by atoms with Crippen molar-refractivity contribution in [1.82, 2.24) is 0 Å². The molecule has 1 N–H and O–H groups in total. The van der Waals surface area contributed by atoms with Crippen LogP contribution in [0.4, 0.5) is 11.4 Å². The smallest absolute Gasteiger partial charge is 0.266 e. The van der Waals surface area contributed by atoms with Crippen molar-refractivity contribution in [2.75, 3.05) is 16.8 Å². The molecule has 0 saturated carbocycles. The second-order valence-corrected chi connectivity index (χ2v) is 8.93. The van der Waals surface area contributed by atoms with E-state index in [4.69, 9.17) is 16.3 Å². The van der Waals surface area contributed by atoms with Crippen LogP contribution in [0.15, 0.2) is 65.1 Å². The SMILES string of the molecule is CCOc1ccc(Br)cc1C=CC(=O)Nc1ccc(N2C(=O)c3ccc(Cl)cc3C2=O)c(C)c1. The van der Waals surface area contributed by atoms with Crippen LogP contribution >= 0.6 is 27.5 Å². The van der Waals surface area contributed by atoms with Gasteiger partial charge in [0.05, 0.1) is 23.4 Å². The Labute approximate surface area is 210 Å². The molecule has 1 heterocycles. The summed E-state index contributed by atoms with van der Waals surface area (Å²) in [6, 6.07) is 15.2. The number of imide groups is 1. The standard InChI is InChI=1S/C26H20BrClN2O4/c1-3-34-23-10-5-17(27)13-16(23)4-11-24(31)29-19-7-9-22(15(2)12-19)30-25(32)20-8-6-18(28)14-21(20)26(30)33/h4-14H,3H2,1-2H3,(H,29,31). The Balaban J connectivity index is 1.51. The van der Waals surface area contributed by atoms with E-state index in [0.29, 0.717) is 39.9 Å². The monoisotopic (exact) mass is 538 g/mol. The van der Waals surface area contributed by atoms with Crippen molar-refractivity contribution in [1.29, 1.82) is 0 Å². The fraction of sp³-hybridized carbons (Fsp3) is 0.115. The minimum atomic E-state index is -0.426. The molecular weight excluding hydrogens is 520 g/mol. The van der Waals surface area contributed by atoms with Gasteiger partial charge in [0.1, 0.15) is 5.75 Å². The molecule has 0 unspecified atom stereocenters. The van der Waals surface area contributed by atoms with Crippen molar-refractivity contribution >= 4 is 62.7 Å². The molecule has 4 rings (SSSR count). The van der Waals surface area contributed by atoms with Crippen LogP contribution in [-0.2, 0) is 4.79 Å². The number of carbonyl (C=O) groups is 3. The van der Waals surface area contributed by atoms with E-state index in [-0.39, 0.29) is 11.5 Å². The number of nitrogens with zero attached hydrogens (tertiary/aromatic N) is 1. The van der Waals surface area contributed by atoms with E-state index in [1.165, 1.54) is 12.1 Å². The summed E-state index contributed by atoms with van der Waals surface area (Å²) < 4.78 is 6.47. The molecule has 0 fully saturated rings. The summed E-state index contributed by atoms with van der Waals surface area (Å²) in [5.41, 5.74) is 3.01. The van der Waals surface area contributed by atoms with Gasteiger partial charge in [-0.15, -0.1) is 0 Å². The Morgan fingerprint density at radius 1 is 1.06 bits per heavy atom. The normalized spacial score (nSPS) is 12.9. The van der Waals surface area contributed by atoms with Crippen molar-refractivity contribution in [2.45, 2.75) is 13.8 Å². The second-order valence-electron chi connectivity index (χ2n) is 7.57. The van der Waals surface area contributed by atoms with Crippen molar-refractivity contribution in [2.24, 2.45) is 0 Å². The highest BCUT2D eigenvalue weighted by atomic mass is 79.9. The molecule has 8 heteroatoms. The predicted octanol–water partition coefficient (Wildman–Crippen LogP) is 6.26. The van der Waals surface area contributed by atoms with Gasteiger partial charge < -0.3 is 10.1 Å². The zero-order chi connectivity index (χ0) is 24.4. The Hall–Kier alpha value is -3.42. The first kappa shape index (κ1) is 23.7. The topological polar surface area (TPSA) is 75.7 Å². The highest BCUT2D eigenvalue weighted by Gasteiger charge is 2.37. The molecule has 0 atom stereocenters. The minimum Gasteiger partial charge on any atom is -0.493 e. The highest BCUT2D eigenvalue weighted by molar-refractivity contribution is 9.10. The average molecular weight is 540 g/mol. The maximum absolute atomic E-state index is 12.8. The molecule has 34 heavy (non-hydrogen) atoms. The lowest BCUT2D eigenvalue weighted by atomic mass is 10.1. The summed E-state index contributed by atoms with van der Waals surface area (Å²) >= 11 is 9.41. The fourth-order valence-electron chi connectivity index (χ4n) is 3.70. The molecule has 0 radical (unpaired) electrons. The van der Waals surface area contributed by atoms with Crippen LogP contribution in [-0.4, -0.2) is 24.3 Å². The molecule has 0 spiro atoms. The van der Waals surface area contributed by atoms with E-state index >= 15 is 0 Å². The number of rotatable bonds is 6. The zero-order valence-electron chi connectivity index (χ0n) is 18.4. The molecule has 0 aromatic heterocycles. The third kappa shape index (κ3) is 4.76. The number of amides is 3. The second kappa shape index (κ2) is 9.83. The molecule has 6 nitrogen and oxygen atoms in total. The lowest BCUT2D eigenvalue weighted by molar-refractivity contribution is -0.111. The third-order valence-electron chi connectivity index (χ3n) is 5.24. The summed E-state index contributed by atoms with van der Waals surface area (Å²) in [5.74, 6) is -0.481. The minimum absolute atomic E-state index is 0.276. The molecule has 0 saturated heterocycles. The van der Waals surface area contributed by atoms with Crippen molar-refractivity contribution < 1.29 is 19.1 Å². The van der Waals surface area contributed by atoms with E-state index < -0.39 is 11.8 Å². The van der Waals surface area contributed by atoms with Gasteiger partial charge in [-0.05, 0) is 80.1 Å². The molecular formula is C26H20BrClN2O4. The van der Waals surface area contributed by atoms with Gasteiger partial charge in [0.2, 0.25) is 5.91 Å². The number of hydrogen-bond donors (Lipinski definition) is 1. The largest absolute Gasteiger partial charge is 0.493 e. The van der Waals surface area contributed by atoms with E-state index in [2.05, 4.69) is 21.2 Å². The third-order valence-corrected chi connectivity index (χ3v) is 5.97. The van der Waals surface area contributed by atoms with Gasteiger partial charge in [0.25, 0.3) is 11.8 Å². The van der Waals surface area contributed by atoms with Crippen LogP contribution in [0.5, 0.6) is 5.75 Å². The van der Waals surface area contributed by atoms with Gasteiger partial charge in [-0.2, -0.15) is 0 Å². The number of fused-ring (bicyclic) bond motifs is 1. The molecule has 0 aliphatic carbocycles. The summed E-state index contributed by atoms with van der Waals surface area (Å²) in [6.07, 6.45) is 3.09. The molecule has 3 amide bonds. The fourth-order valence-corrected chi connectivity index (χ4v) is 4.25. The summed E-state index contributed by atoms with van der Waals surface area (Å²) in [4.78, 5) is 39.3. The average Bonchev–Trinajstić information content (AvgIpc) is 3.03. The quantitative estimate of drug-likeness (QED) is 0.296. The van der Waals surface area contributed by atoms with Crippen LogP contribution in [0.2, 0.25) is 5.02 Å². The number of benzene rings is 3. The van der Waals surface area contributed by atoms with E-state index in [1.54, 1.807) is 43.3 Å². The summed E-state index contributed by atoms with van der Waals surface area (Å²) in [7, 11) is 0. The number of ether oxygens (including phenoxy) is 1. The van der Waals surface area contributed by atoms with Crippen molar-refractivity contribution in [3.63, 3.8) is 0 Å². The number of nitrogens with one attached hydrogen (secondary N) is 1. The zero-order valence-corrected chi connectivity index (χ0v) is 20.7. The van der Waals surface area contributed by atoms with Crippen LogP contribution in [0.25, 0.3) is 6.08 Å². The van der Waals surface area contributed by atoms with Crippen LogP contribution < -0.4 is 15.0 Å². The Bertz CT molecular complexity index is 1350. The lowest BCUT2D eigenvalue weighted by Gasteiger charge is -2.17. The molecule has 0 bridgehead atoms. The maximum atomic E-state index is 12.8. The van der Waals surface area contributed by atoms with Crippen molar-refractivity contribution in [3.8, 4) is 5.75 Å². The maximum Gasteiger partial charge on any atom is 0.266 e. The number of carbonyl (C=O) groups excluding carboxylic acids is 3. The number of anilines is 2. The van der Waals surface area contributed by atoms with Gasteiger partial charge in [-0.3, -0.25) is 14.4 Å². The van der Waals surface area contributed by atoms with Crippen molar-refractivity contribution in [3.05, 3.63) is 92.4 Å². The number of aryl methyl sites for hydroxylation is 1. The van der Waals surface area contributed by atoms with Gasteiger partial charge >= 0.3 is 0 Å². The molecule has 1 aliphatic rings. The van der Waals surface area contributed by atoms with E-state index in [1.807, 2.05) is 25.1 Å². The lowest BCUT2D eigenvalue weighted by Crippen LogP contribution is -2.30. The summed E-state index contributed by atoms with van der Waals surface area (Å²) in [5, 5.41) is 3.19. The van der Waals surface area contributed by atoms with E-state index in [0.717, 1.165) is 14.9 Å². The molecule has 3 aromatic carbocycles.